The number of ketones is 1. The molecule has 2 aromatic carbocycles. The first kappa shape index (κ1) is 27.4. The lowest BCUT2D eigenvalue weighted by molar-refractivity contribution is 0.0981. The maximum atomic E-state index is 12.8. The molecule has 5 rings (SSSR count). The largest absolute Gasteiger partial charge is 0.310 e. The van der Waals surface area contributed by atoms with Crippen LogP contribution in [0.25, 0.3) is 17.0 Å². The van der Waals surface area contributed by atoms with Crippen LogP contribution in [0.4, 0.5) is 0 Å². The van der Waals surface area contributed by atoms with Crippen molar-refractivity contribution < 1.29 is 4.79 Å². The zero-order valence-corrected chi connectivity index (χ0v) is 23.6. The topological polar surface area (TPSA) is 68.1 Å². The van der Waals surface area contributed by atoms with Gasteiger partial charge in [-0.25, -0.2) is 9.97 Å². The Kier molecular flexibility index (Phi) is 8.74. The first-order valence-electron chi connectivity index (χ1n) is 13.3. The number of aromatic nitrogens is 3. The van der Waals surface area contributed by atoms with E-state index in [1.165, 1.54) is 11.1 Å². The highest BCUT2D eigenvalue weighted by atomic mass is 32.1. The van der Waals surface area contributed by atoms with Crippen molar-refractivity contribution in [1.82, 2.24) is 19.4 Å². The summed E-state index contributed by atoms with van der Waals surface area (Å²) in [5.41, 5.74) is 5.46. The van der Waals surface area contributed by atoms with Crippen molar-refractivity contribution >= 4 is 34.1 Å². The number of allylic oxidation sites excluding steroid dienone is 1. The van der Waals surface area contributed by atoms with Crippen molar-refractivity contribution in [2.75, 3.05) is 14.1 Å². The molecule has 0 unspecified atom stereocenters. The fourth-order valence-electron chi connectivity index (χ4n) is 4.61. The van der Waals surface area contributed by atoms with E-state index in [1.54, 1.807) is 34.2 Å². The molecule has 5 aromatic rings. The molecule has 7 heteroatoms. The minimum Gasteiger partial charge on any atom is -0.310 e. The predicted molar refractivity (Wildman–Crippen MR) is 163 cm³/mol. The van der Waals surface area contributed by atoms with E-state index in [1.807, 2.05) is 53.4 Å². The number of thiophene rings is 1. The molecule has 0 bridgehead atoms. The summed E-state index contributed by atoms with van der Waals surface area (Å²) >= 11 is 1.59. The smallest absolute Gasteiger partial charge is 0.261 e. The molecule has 0 amide bonds. The Morgan fingerprint density at radius 3 is 2.62 bits per heavy atom. The highest BCUT2D eigenvalue weighted by Gasteiger charge is 2.12. The lowest BCUT2D eigenvalue weighted by Crippen LogP contribution is -2.25. The Labute approximate surface area is 238 Å². The van der Waals surface area contributed by atoms with E-state index in [4.69, 9.17) is 4.98 Å². The van der Waals surface area contributed by atoms with E-state index in [-0.39, 0.29) is 23.3 Å². The van der Waals surface area contributed by atoms with Crippen LogP contribution in [0.2, 0.25) is 0 Å². The second kappa shape index (κ2) is 12.8. The summed E-state index contributed by atoms with van der Waals surface area (Å²) in [5.74, 6) is 0.658. The van der Waals surface area contributed by atoms with Gasteiger partial charge in [0.25, 0.3) is 5.56 Å². The zero-order chi connectivity index (χ0) is 27.9. The van der Waals surface area contributed by atoms with Crippen molar-refractivity contribution in [3.8, 4) is 0 Å². The van der Waals surface area contributed by atoms with Crippen molar-refractivity contribution in [2.24, 2.45) is 0 Å². The second-order valence-corrected chi connectivity index (χ2v) is 11.0. The first-order valence-corrected chi connectivity index (χ1v) is 14.3. The van der Waals surface area contributed by atoms with Crippen molar-refractivity contribution in [3.05, 3.63) is 134 Å². The number of pyridine rings is 1. The Morgan fingerprint density at radius 2 is 1.85 bits per heavy atom. The summed E-state index contributed by atoms with van der Waals surface area (Å²) in [6.07, 6.45) is 9.09. The van der Waals surface area contributed by atoms with Gasteiger partial charge >= 0.3 is 0 Å². The molecule has 40 heavy (non-hydrogen) atoms. The van der Waals surface area contributed by atoms with Gasteiger partial charge in [-0.1, -0.05) is 42.5 Å². The molecular formula is C33H32N4O2S. The Morgan fingerprint density at radius 1 is 1.02 bits per heavy atom. The number of carbonyl (C=O) groups is 1. The monoisotopic (exact) mass is 548 g/mol. The third-order valence-corrected chi connectivity index (χ3v) is 7.37. The van der Waals surface area contributed by atoms with Crippen LogP contribution in [-0.2, 0) is 19.5 Å². The number of Topliss-reactive ketones (excluding diaryl/α,β-unsaturated/α-hetero) is 1. The second-order valence-electron chi connectivity index (χ2n) is 10.2. The number of nitrogens with zero attached hydrogens (tertiary/aromatic N) is 4. The predicted octanol–water partition coefficient (Wildman–Crippen LogP) is 6.23. The van der Waals surface area contributed by atoms with Gasteiger partial charge in [0.2, 0.25) is 0 Å². The van der Waals surface area contributed by atoms with E-state index in [9.17, 15) is 9.59 Å². The summed E-state index contributed by atoms with van der Waals surface area (Å²) in [5, 5.41) is 4.96. The van der Waals surface area contributed by atoms with Crippen LogP contribution in [0.3, 0.4) is 0 Å². The molecule has 0 aliphatic carbocycles. The molecule has 0 aliphatic heterocycles. The van der Waals surface area contributed by atoms with Crippen LogP contribution in [0.5, 0.6) is 0 Å². The quantitative estimate of drug-likeness (QED) is 0.183. The molecule has 0 saturated heterocycles. The van der Waals surface area contributed by atoms with Crippen LogP contribution in [0.1, 0.15) is 51.3 Å². The standard InChI is InChI=1S/C33H32N4O2S/c1-36(2)21-26-11-9-25(10-12-26)19-32-34-20-28-18-24(13-14-30(28)35-32)6-3-4-8-31(38)29-7-5-16-37(33(29)39)22-27-15-17-40-23-27/h3,5-7,9-18,20,23H,4,8,19,21-22H2,1-2H3/b6-3+. The third kappa shape index (κ3) is 7.05. The van der Waals surface area contributed by atoms with E-state index >= 15 is 0 Å². The molecule has 0 atom stereocenters. The maximum absolute atomic E-state index is 12.8. The molecule has 0 aliphatic rings. The third-order valence-electron chi connectivity index (χ3n) is 6.64. The molecule has 0 radical (unpaired) electrons. The summed E-state index contributed by atoms with van der Waals surface area (Å²) in [6.45, 7) is 1.39. The molecule has 202 valence electrons. The maximum Gasteiger partial charge on any atom is 0.261 e. The van der Waals surface area contributed by atoms with Crippen molar-refractivity contribution in [2.45, 2.75) is 32.4 Å². The van der Waals surface area contributed by atoms with Crippen LogP contribution >= 0.6 is 11.3 Å². The Bertz CT molecular complexity index is 1690. The van der Waals surface area contributed by atoms with Crippen molar-refractivity contribution in [3.63, 3.8) is 0 Å². The molecule has 0 saturated carbocycles. The van der Waals surface area contributed by atoms with Gasteiger partial charge in [0.05, 0.1) is 17.6 Å². The Hall–Kier alpha value is -4.20. The molecular weight excluding hydrogens is 516 g/mol. The van der Waals surface area contributed by atoms with Gasteiger partial charge in [0.1, 0.15) is 5.82 Å². The lowest BCUT2D eigenvalue weighted by atomic mass is 10.1. The fraction of sp³-hybridized carbons (Fsp3) is 0.212. The zero-order valence-electron chi connectivity index (χ0n) is 22.8. The minimum atomic E-state index is -0.238. The SMILES string of the molecule is CN(C)Cc1ccc(Cc2ncc3cc(/C=C/CCC(=O)c4cccn(Cc5ccsc5)c4=O)ccc3n2)cc1. The summed E-state index contributed by atoms with van der Waals surface area (Å²) in [4.78, 5) is 37.1. The van der Waals surface area contributed by atoms with E-state index in [2.05, 4.69) is 48.2 Å². The van der Waals surface area contributed by atoms with Gasteiger partial charge in [-0.3, -0.25) is 9.59 Å². The molecule has 6 nitrogen and oxygen atoms in total. The first-order chi connectivity index (χ1) is 19.4. The van der Waals surface area contributed by atoms with Crippen LogP contribution in [0.15, 0.2) is 94.7 Å². The average molecular weight is 549 g/mol. The van der Waals surface area contributed by atoms with Gasteiger partial charge in [0, 0.05) is 37.2 Å². The van der Waals surface area contributed by atoms with E-state index in [0.29, 0.717) is 19.4 Å². The van der Waals surface area contributed by atoms with Gasteiger partial charge in [-0.15, -0.1) is 0 Å². The average Bonchev–Trinajstić information content (AvgIpc) is 3.46. The van der Waals surface area contributed by atoms with Crippen LogP contribution in [0, 0.1) is 0 Å². The molecule has 0 fully saturated rings. The molecule has 3 heterocycles. The van der Waals surface area contributed by atoms with Gasteiger partial charge < -0.3 is 9.47 Å². The number of hydrogen-bond donors (Lipinski definition) is 0. The number of rotatable bonds is 11. The highest BCUT2D eigenvalue weighted by Crippen LogP contribution is 2.17. The van der Waals surface area contributed by atoms with E-state index in [0.717, 1.165) is 34.4 Å². The van der Waals surface area contributed by atoms with Gasteiger partial charge in [0.15, 0.2) is 5.78 Å². The lowest BCUT2D eigenvalue weighted by Gasteiger charge is -2.10. The minimum absolute atomic E-state index is 0.138. The fourth-order valence-corrected chi connectivity index (χ4v) is 5.27. The molecule has 3 aromatic heterocycles. The van der Waals surface area contributed by atoms with Gasteiger partial charge in [-0.2, -0.15) is 11.3 Å². The number of benzene rings is 2. The van der Waals surface area contributed by atoms with Crippen molar-refractivity contribution in [1.29, 1.82) is 0 Å². The summed E-state index contributed by atoms with van der Waals surface area (Å²) < 4.78 is 1.59. The van der Waals surface area contributed by atoms with Crippen LogP contribution in [-0.4, -0.2) is 39.3 Å². The molecule has 0 spiro atoms. The normalized spacial score (nSPS) is 11.6. The molecule has 0 N–H and O–H groups in total. The highest BCUT2D eigenvalue weighted by molar-refractivity contribution is 7.07. The number of fused-ring (bicyclic) bond motifs is 1. The van der Waals surface area contributed by atoms with E-state index < -0.39 is 0 Å². The Balaban J connectivity index is 1.18. The summed E-state index contributed by atoms with van der Waals surface area (Å²) in [7, 11) is 4.13. The summed E-state index contributed by atoms with van der Waals surface area (Å²) in [6, 6.07) is 20.0. The van der Waals surface area contributed by atoms with Gasteiger partial charge in [-0.05, 0) is 83.9 Å². The van der Waals surface area contributed by atoms with Crippen LogP contribution < -0.4 is 5.56 Å². The number of carbonyl (C=O) groups excluding carboxylic acids is 1. The number of hydrogen-bond acceptors (Lipinski definition) is 6.